The van der Waals surface area contributed by atoms with Crippen molar-refractivity contribution in [2.24, 2.45) is 0 Å². The fourth-order valence-electron chi connectivity index (χ4n) is 2.77. The molecule has 3 rings (SSSR count). The lowest BCUT2D eigenvalue weighted by atomic mass is 9.92. The number of aromatic hydroxyl groups is 1. The van der Waals surface area contributed by atoms with Gasteiger partial charge in [0.1, 0.15) is 11.5 Å². The Kier molecular flexibility index (Phi) is 4.40. The molecule has 1 heterocycles. The summed E-state index contributed by atoms with van der Waals surface area (Å²) in [4.78, 5) is 12.6. The number of ether oxygens (including phenoxy) is 1. The summed E-state index contributed by atoms with van der Waals surface area (Å²) in [6.07, 6.45) is 0.459. The summed E-state index contributed by atoms with van der Waals surface area (Å²) in [7, 11) is 0. The number of aliphatic hydroxyl groups excluding tert-OH is 1. The lowest BCUT2D eigenvalue weighted by Gasteiger charge is -2.30. The number of carbonyl (C=O) groups is 1. The summed E-state index contributed by atoms with van der Waals surface area (Å²) in [5.74, 6) is 0.00316. The van der Waals surface area contributed by atoms with Crippen LogP contribution in [0.1, 0.15) is 41.4 Å². The molecule has 0 radical (unpaired) electrons. The Labute approximate surface area is 141 Å². The minimum atomic E-state index is -1.26. The van der Waals surface area contributed by atoms with Gasteiger partial charge in [-0.2, -0.15) is 0 Å². The van der Waals surface area contributed by atoms with Gasteiger partial charge in [0, 0.05) is 6.07 Å². The van der Waals surface area contributed by atoms with Crippen molar-refractivity contribution < 1.29 is 19.7 Å². The molecule has 124 valence electrons. The van der Waals surface area contributed by atoms with Gasteiger partial charge in [-0.3, -0.25) is 4.79 Å². The van der Waals surface area contributed by atoms with Crippen molar-refractivity contribution in [2.75, 3.05) is 0 Å². The highest BCUT2D eigenvalue weighted by Gasteiger charge is 2.37. The summed E-state index contributed by atoms with van der Waals surface area (Å²) >= 11 is 0. The number of carbonyl (C=O) groups excluding carboxylic acids is 1. The van der Waals surface area contributed by atoms with Gasteiger partial charge in [-0.1, -0.05) is 42.0 Å². The van der Waals surface area contributed by atoms with Gasteiger partial charge in [0.25, 0.3) is 0 Å². The van der Waals surface area contributed by atoms with Crippen molar-refractivity contribution in [3.05, 3.63) is 70.8 Å². The normalized spacial score (nSPS) is 19.4. The molecule has 0 aliphatic carbocycles. The highest BCUT2D eigenvalue weighted by Crippen LogP contribution is 2.38. The van der Waals surface area contributed by atoms with Crippen LogP contribution in [0.25, 0.3) is 0 Å². The maximum Gasteiger partial charge on any atom is 0.199 e. The van der Waals surface area contributed by atoms with Gasteiger partial charge >= 0.3 is 0 Å². The summed E-state index contributed by atoms with van der Waals surface area (Å²) in [6.45, 7) is 3.94. The van der Waals surface area contributed by atoms with Gasteiger partial charge in [-0.25, -0.2) is 0 Å². The molecule has 2 N–H and O–H groups in total. The Balaban J connectivity index is 1.98. The fourth-order valence-corrected chi connectivity index (χ4v) is 2.77. The molecule has 2 unspecified atom stereocenters. The first-order valence-corrected chi connectivity index (χ1v) is 7.90. The van der Waals surface area contributed by atoms with E-state index in [4.69, 9.17) is 4.74 Å². The number of allylic oxidation sites excluding steroid dienone is 2. The average molecular weight is 324 g/mol. The lowest BCUT2D eigenvalue weighted by molar-refractivity contribution is 0.0215. The van der Waals surface area contributed by atoms with E-state index in [9.17, 15) is 15.0 Å². The van der Waals surface area contributed by atoms with Crippen molar-refractivity contribution in [2.45, 2.75) is 32.5 Å². The lowest BCUT2D eigenvalue weighted by Crippen LogP contribution is -2.36. The van der Waals surface area contributed by atoms with Crippen LogP contribution in [0, 0.1) is 0 Å². The molecule has 0 amide bonds. The van der Waals surface area contributed by atoms with Crippen LogP contribution in [0.15, 0.2) is 54.1 Å². The molecule has 0 saturated heterocycles. The van der Waals surface area contributed by atoms with Crippen LogP contribution >= 0.6 is 0 Å². The highest BCUT2D eigenvalue weighted by atomic mass is 16.5. The molecule has 1 aliphatic rings. The largest absolute Gasteiger partial charge is 0.508 e. The van der Waals surface area contributed by atoms with E-state index in [0.717, 1.165) is 11.1 Å². The van der Waals surface area contributed by atoms with E-state index in [2.05, 4.69) is 0 Å². The molecule has 0 fully saturated rings. The highest BCUT2D eigenvalue weighted by molar-refractivity contribution is 6.03. The molecule has 2 atom stereocenters. The van der Waals surface area contributed by atoms with E-state index in [0.29, 0.717) is 23.3 Å². The first-order chi connectivity index (χ1) is 11.5. The quantitative estimate of drug-likeness (QED) is 0.847. The molecule has 4 nitrogen and oxygen atoms in total. The van der Waals surface area contributed by atoms with E-state index in [1.807, 2.05) is 38.1 Å². The van der Waals surface area contributed by atoms with Crippen molar-refractivity contribution in [1.82, 2.24) is 0 Å². The molecule has 4 heteroatoms. The zero-order valence-corrected chi connectivity index (χ0v) is 13.7. The summed E-state index contributed by atoms with van der Waals surface area (Å²) in [6, 6.07) is 12.2. The van der Waals surface area contributed by atoms with Gasteiger partial charge in [0.2, 0.25) is 0 Å². The van der Waals surface area contributed by atoms with Gasteiger partial charge in [0.15, 0.2) is 18.0 Å². The van der Waals surface area contributed by atoms with Crippen LogP contribution in [-0.4, -0.2) is 22.1 Å². The number of benzene rings is 2. The number of phenols is 1. The zero-order chi connectivity index (χ0) is 17.3. The van der Waals surface area contributed by atoms with Crippen molar-refractivity contribution in [1.29, 1.82) is 0 Å². The maximum absolute atomic E-state index is 12.6. The van der Waals surface area contributed by atoms with Crippen LogP contribution in [0.2, 0.25) is 0 Å². The molecule has 24 heavy (non-hydrogen) atoms. The van der Waals surface area contributed by atoms with Crippen LogP contribution in [0.3, 0.4) is 0 Å². The molecule has 0 spiro atoms. The third-order valence-electron chi connectivity index (χ3n) is 4.11. The minimum absolute atomic E-state index is 0.0854. The Hall–Kier alpha value is -2.59. The van der Waals surface area contributed by atoms with E-state index >= 15 is 0 Å². The minimum Gasteiger partial charge on any atom is -0.508 e. The van der Waals surface area contributed by atoms with E-state index in [1.165, 1.54) is 6.07 Å². The predicted molar refractivity (Wildman–Crippen MR) is 91.4 cm³/mol. The average Bonchev–Trinajstić information content (AvgIpc) is 2.57. The van der Waals surface area contributed by atoms with E-state index in [-0.39, 0.29) is 11.5 Å². The second-order valence-corrected chi connectivity index (χ2v) is 6.22. The van der Waals surface area contributed by atoms with E-state index < -0.39 is 12.2 Å². The molecular weight excluding hydrogens is 304 g/mol. The number of fused-ring (bicyclic) bond motifs is 1. The standard InChI is InChI=1S/C20H20O4/c1-12(2)8-9-14-10-15-17(11-16(14)21)24-20(19(23)18(15)22)13-6-4-3-5-7-13/h3-8,10-11,19-21,23H,9H2,1-2H3. The van der Waals surface area contributed by atoms with Crippen LogP contribution in [0.4, 0.5) is 0 Å². The number of hydrogen-bond acceptors (Lipinski definition) is 4. The first-order valence-electron chi connectivity index (χ1n) is 7.90. The van der Waals surface area contributed by atoms with Gasteiger partial charge in [-0.05, 0) is 37.5 Å². The smallest absolute Gasteiger partial charge is 0.199 e. The van der Waals surface area contributed by atoms with Crippen molar-refractivity contribution in [3.8, 4) is 11.5 Å². The van der Waals surface area contributed by atoms with Crippen LogP contribution < -0.4 is 4.74 Å². The molecule has 0 saturated carbocycles. The fraction of sp³-hybridized carbons (Fsp3) is 0.250. The SMILES string of the molecule is CC(C)=CCc1cc2c(cc1O)OC(c1ccccc1)C(O)C2=O. The molecule has 2 aromatic rings. The van der Waals surface area contributed by atoms with Crippen LogP contribution in [0.5, 0.6) is 11.5 Å². The summed E-state index contributed by atoms with van der Waals surface area (Å²) < 4.78 is 5.82. The number of aliphatic hydroxyl groups is 1. The van der Waals surface area contributed by atoms with Gasteiger partial charge in [-0.15, -0.1) is 0 Å². The molecule has 0 bridgehead atoms. The Bertz CT molecular complexity index is 789. The Morgan fingerprint density at radius 1 is 1.21 bits per heavy atom. The zero-order valence-electron chi connectivity index (χ0n) is 13.7. The number of hydrogen-bond donors (Lipinski definition) is 2. The second-order valence-electron chi connectivity index (χ2n) is 6.22. The summed E-state index contributed by atoms with van der Waals surface area (Å²) in [5.41, 5.74) is 2.79. The van der Waals surface area contributed by atoms with Crippen LogP contribution in [-0.2, 0) is 6.42 Å². The van der Waals surface area contributed by atoms with Crippen molar-refractivity contribution >= 4 is 5.78 Å². The molecule has 0 aromatic heterocycles. The monoisotopic (exact) mass is 324 g/mol. The van der Waals surface area contributed by atoms with Gasteiger partial charge < -0.3 is 14.9 Å². The molecule has 2 aromatic carbocycles. The number of phenolic OH excluding ortho intramolecular Hbond substituents is 1. The number of ketones is 1. The molecule has 1 aliphatic heterocycles. The predicted octanol–water partition coefficient (Wildman–Crippen LogP) is 3.58. The Morgan fingerprint density at radius 3 is 2.58 bits per heavy atom. The third-order valence-corrected chi connectivity index (χ3v) is 4.11. The number of rotatable bonds is 3. The first kappa shape index (κ1) is 16.3. The number of Topliss-reactive ketones (excluding diaryl/α,β-unsaturated/α-hetero) is 1. The topological polar surface area (TPSA) is 66.8 Å². The maximum atomic E-state index is 12.6. The van der Waals surface area contributed by atoms with Crippen molar-refractivity contribution in [3.63, 3.8) is 0 Å². The Morgan fingerprint density at radius 2 is 1.92 bits per heavy atom. The summed E-state index contributed by atoms with van der Waals surface area (Å²) in [5, 5.41) is 20.6. The third kappa shape index (κ3) is 3.05. The van der Waals surface area contributed by atoms with Gasteiger partial charge in [0.05, 0.1) is 5.56 Å². The molecular formula is C20H20O4. The second kappa shape index (κ2) is 6.49. The van der Waals surface area contributed by atoms with E-state index in [1.54, 1.807) is 18.2 Å².